The van der Waals surface area contributed by atoms with Crippen LogP contribution in [0, 0.1) is 6.92 Å². The van der Waals surface area contributed by atoms with Gasteiger partial charge in [-0.3, -0.25) is 0 Å². The van der Waals surface area contributed by atoms with Crippen LogP contribution in [0.25, 0.3) is 0 Å². The first-order valence-corrected chi connectivity index (χ1v) is 3.88. The Morgan fingerprint density at radius 3 is 2.77 bits per heavy atom. The summed E-state index contributed by atoms with van der Waals surface area (Å²) in [5.41, 5.74) is 0.770. The third-order valence-electron chi connectivity index (χ3n) is 1.54. The fourth-order valence-electron chi connectivity index (χ4n) is 0.908. The van der Waals surface area contributed by atoms with Gasteiger partial charge in [-0.15, -0.1) is 0 Å². The van der Waals surface area contributed by atoms with E-state index < -0.39 is 6.43 Å². The summed E-state index contributed by atoms with van der Waals surface area (Å²) in [6, 6.07) is 1.72. The van der Waals surface area contributed by atoms with Crippen molar-refractivity contribution < 1.29 is 8.78 Å². The van der Waals surface area contributed by atoms with Crippen LogP contribution in [-0.4, -0.2) is 30.0 Å². The molecule has 1 heterocycles. The summed E-state index contributed by atoms with van der Waals surface area (Å²) < 4.78 is 23.9. The molecule has 0 atom stereocenters. The summed E-state index contributed by atoms with van der Waals surface area (Å²) in [4.78, 5) is 9.21. The van der Waals surface area contributed by atoms with Crippen LogP contribution in [0.1, 0.15) is 5.69 Å². The van der Waals surface area contributed by atoms with Crippen molar-refractivity contribution in [3.8, 4) is 0 Å². The number of hydrogen-bond donors (Lipinski definition) is 0. The molecular weight excluding hydrogens is 176 g/mol. The van der Waals surface area contributed by atoms with Gasteiger partial charge in [0.25, 0.3) is 6.43 Å². The molecule has 0 spiro atoms. The lowest BCUT2D eigenvalue weighted by Crippen LogP contribution is -2.25. The van der Waals surface area contributed by atoms with Gasteiger partial charge in [-0.05, 0) is 13.0 Å². The molecule has 0 fully saturated rings. The average molecular weight is 187 g/mol. The van der Waals surface area contributed by atoms with Gasteiger partial charge in [0, 0.05) is 18.9 Å². The van der Waals surface area contributed by atoms with Crippen LogP contribution < -0.4 is 4.90 Å². The Bertz CT molecular complexity index is 278. The Kier molecular flexibility index (Phi) is 3.11. The smallest absolute Gasteiger partial charge is 0.255 e. The predicted molar refractivity (Wildman–Crippen MR) is 46.0 cm³/mol. The number of rotatable bonds is 3. The van der Waals surface area contributed by atoms with E-state index in [0.717, 1.165) is 5.69 Å². The number of alkyl halides is 2. The predicted octanol–water partition coefficient (Wildman–Crippen LogP) is 1.49. The van der Waals surface area contributed by atoms with Crippen LogP contribution in [0.15, 0.2) is 12.3 Å². The lowest BCUT2D eigenvalue weighted by Gasteiger charge is -2.15. The average Bonchev–Trinajstić information content (AvgIpc) is 2.03. The van der Waals surface area contributed by atoms with Crippen molar-refractivity contribution in [2.24, 2.45) is 0 Å². The molecule has 0 N–H and O–H groups in total. The molecule has 0 aromatic carbocycles. The van der Waals surface area contributed by atoms with E-state index in [1.807, 2.05) is 0 Å². The molecule has 3 nitrogen and oxygen atoms in total. The minimum Gasteiger partial charge on any atom is -0.338 e. The van der Waals surface area contributed by atoms with Crippen LogP contribution in [0.3, 0.4) is 0 Å². The van der Waals surface area contributed by atoms with E-state index >= 15 is 0 Å². The lowest BCUT2D eigenvalue weighted by atomic mass is 10.4. The van der Waals surface area contributed by atoms with Crippen molar-refractivity contribution in [3.05, 3.63) is 18.0 Å². The number of aryl methyl sites for hydroxylation is 1. The van der Waals surface area contributed by atoms with Gasteiger partial charge in [-0.25, -0.2) is 18.7 Å². The van der Waals surface area contributed by atoms with Crippen LogP contribution in [0.5, 0.6) is 0 Å². The molecule has 0 radical (unpaired) electrons. The van der Waals surface area contributed by atoms with E-state index in [-0.39, 0.29) is 6.54 Å². The van der Waals surface area contributed by atoms with E-state index in [0.29, 0.717) is 5.95 Å². The molecule has 0 aliphatic carbocycles. The van der Waals surface area contributed by atoms with Gasteiger partial charge >= 0.3 is 0 Å². The molecule has 0 amide bonds. The summed E-state index contributed by atoms with van der Waals surface area (Å²) in [6.07, 6.45) is -0.811. The zero-order valence-corrected chi connectivity index (χ0v) is 7.54. The van der Waals surface area contributed by atoms with Crippen molar-refractivity contribution in [2.45, 2.75) is 13.3 Å². The van der Waals surface area contributed by atoms with Crippen LogP contribution in [-0.2, 0) is 0 Å². The molecule has 1 aromatic rings. The molecule has 0 saturated heterocycles. The SMILES string of the molecule is Cc1ccnc(N(C)CC(F)F)n1. The highest BCUT2D eigenvalue weighted by molar-refractivity contribution is 5.28. The molecule has 0 bridgehead atoms. The Morgan fingerprint density at radius 1 is 1.54 bits per heavy atom. The number of aromatic nitrogens is 2. The molecule has 0 saturated carbocycles. The number of hydrogen-bond acceptors (Lipinski definition) is 3. The molecular formula is C8H11F2N3. The van der Waals surface area contributed by atoms with Crippen LogP contribution in [0.4, 0.5) is 14.7 Å². The molecule has 13 heavy (non-hydrogen) atoms. The highest BCUT2D eigenvalue weighted by atomic mass is 19.3. The van der Waals surface area contributed by atoms with Crippen molar-refractivity contribution in [1.82, 2.24) is 9.97 Å². The standard InChI is InChI=1S/C8H11F2N3/c1-6-3-4-11-8(12-6)13(2)5-7(9)10/h3-4,7H,5H2,1-2H3. The molecule has 0 unspecified atom stereocenters. The zero-order valence-electron chi connectivity index (χ0n) is 7.54. The first-order chi connectivity index (χ1) is 6.09. The first-order valence-electron chi connectivity index (χ1n) is 3.88. The summed E-state index contributed by atoms with van der Waals surface area (Å²) in [5, 5.41) is 0. The molecule has 1 rings (SSSR count). The van der Waals surface area contributed by atoms with Crippen molar-refractivity contribution >= 4 is 5.95 Å². The summed E-state index contributed by atoms with van der Waals surface area (Å²) in [6.45, 7) is 1.45. The van der Waals surface area contributed by atoms with E-state index in [9.17, 15) is 8.78 Å². The van der Waals surface area contributed by atoms with Gasteiger partial charge in [-0.1, -0.05) is 0 Å². The van der Waals surface area contributed by atoms with E-state index in [1.54, 1.807) is 26.2 Å². The van der Waals surface area contributed by atoms with Gasteiger partial charge in [-0.2, -0.15) is 0 Å². The second-order valence-electron chi connectivity index (χ2n) is 2.77. The number of halogens is 2. The second-order valence-corrected chi connectivity index (χ2v) is 2.77. The van der Waals surface area contributed by atoms with Crippen molar-refractivity contribution in [3.63, 3.8) is 0 Å². The fourth-order valence-corrected chi connectivity index (χ4v) is 0.908. The van der Waals surface area contributed by atoms with Gasteiger partial charge in [0.1, 0.15) is 0 Å². The van der Waals surface area contributed by atoms with Crippen molar-refractivity contribution in [1.29, 1.82) is 0 Å². The van der Waals surface area contributed by atoms with Gasteiger partial charge < -0.3 is 4.90 Å². The van der Waals surface area contributed by atoms with E-state index in [4.69, 9.17) is 0 Å². The number of anilines is 1. The third kappa shape index (κ3) is 2.93. The minimum absolute atomic E-state index is 0.334. The van der Waals surface area contributed by atoms with Crippen molar-refractivity contribution in [2.75, 3.05) is 18.5 Å². The molecule has 72 valence electrons. The molecule has 1 aromatic heterocycles. The monoisotopic (exact) mass is 187 g/mol. The Hall–Kier alpha value is -1.26. The van der Waals surface area contributed by atoms with Gasteiger partial charge in [0.05, 0.1) is 6.54 Å². The topological polar surface area (TPSA) is 29.0 Å². The third-order valence-corrected chi connectivity index (χ3v) is 1.54. The lowest BCUT2D eigenvalue weighted by molar-refractivity contribution is 0.156. The maximum absolute atomic E-state index is 12.0. The first kappa shape index (κ1) is 9.83. The highest BCUT2D eigenvalue weighted by Crippen LogP contribution is 2.06. The van der Waals surface area contributed by atoms with Gasteiger partial charge in [0.15, 0.2) is 0 Å². The maximum atomic E-state index is 12.0. The minimum atomic E-state index is -2.37. The fraction of sp³-hybridized carbons (Fsp3) is 0.500. The Balaban J connectivity index is 2.71. The van der Waals surface area contributed by atoms with Crippen LogP contribution >= 0.6 is 0 Å². The summed E-state index contributed by atoms with van der Waals surface area (Å²) in [7, 11) is 1.54. The Morgan fingerprint density at radius 2 is 2.23 bits per heavy atom. The van der Waals surface area contributed by atoms with Crippen LogP contribution in [0.2, 0.25) is 0 Å². The van der Waals surface area contributed by atoms with Gasteiger partial charge in [0.2, 0.25) is 5.95 Å². The molecule has 0 aliphatic rings. The largest absolute Gasteiger partial charge is 0.338 e. The highest BCUT2D eigenvalue weighted by Gasteiger charge is 2.10. The normalized spacial score (nSPS) is 10.5. The Labute approximate surface area is 75.4 Å². The number of nitrogens with zero attached hydrogens (tertiary/aromatic N) is 3. The quantitative estimate of drug-likeness (QED) is 0.717. The van der Waals surface area contributed by atoms with E-state index in [2.05, 4.69) is 9.97 Å². The van der Waals surface area contributed by atoms with E-state index in [1.165, 1.54) is 4.90 Å². The molecule has 5 heteroatoms. The molecule has 0 aliphatic heterocycles. The summed E-state index contributed by atoms with van der Waals surface area (Å²) >= 11 is 0. The maximum Gasteiger partial charge on any atom is 0.255 e. The second kappa shape index (κ2) is 4.11. The zero-order chi connectivity index (χ0) is 9.84. The summed E-state index contributed by atoms with van der Waals surface area (Å²) in [5.74, 6) is 0.334.